The standard InChI is InChI=1S/C15H15BrN2O3S/c1-2-10-3-5-11(6-4-10)21-9-14(19)17-18-15(20)12-7-8-13(16)22-12/h3-8H,2,9H2,1H3,(H,17,19)(H,18,20). The molecule has 2 N–H and O–H groups in total. The minimum absolute atomic E-state index is 0.167. The first-order chi connectivity index (χ1) is 10.6. The smallest absolute Gasteiger partial charge is 0.279 e. The molecular formula is C15H15BrN2O3S. The number of halogens is 1. The van der Waals surface area contributed by atoms with Gasteiger partial charge < -0.3 is 4.74 Å². The van der Waals surface area contributed by atoms with E-state index in [-0.39, 0.29) is 12.5 Å². The van der Waals surface area contributed by atoms with Gasteiger partial charge in [-0.05, 0) is 52.2 Å². The summed E-state index contributed by atoms with van der Waals surface area (Å²) in [7, 11) is 0. The van der Waals surface area contributed by atoms with Crippen molar-refractivity contribution < 1.29 is 14.3 Å². The summed E-state index contributed by atoms with van der Waals surface area (Å²) in [6.45, 7) is 1.90. The van der Waals surface area contributed by atoms with Crippen molar-refractivity contribution in [2.24, 2.45) is 0 Å². The highest BCUT2D eigenvalue weighted by Crippen LogP contribution is 2.21. The molecule has 0 saturated heterocycles. The highest BCUT2D eigenvalue weighted by molar-refractivity contribution is 9.11. The van der Waals surface area contributed by atoms with Crippen LogP contribution in [0.3, 0.4) is 0 Å². The lowest BCUT2D eigenvalue weighted by atomic mass is 10.2. The predicted molar refractivity (Wildman–Crippen MR) is 88.9 cm³/mol. The number of rotatable bonds is 5. The zero-order valence-corrected chi connectivity index (χ0v) is 14.3. The molecule has 2 aromatic rings. The molecule has 7 heteroatoms. The monoisotopic (exact) mass is 382 g/mol. The van der Waals surface area contributed by atoms with Crippen LogP contribution in [0.5, 0.6) is 5.75 Å². The second-order valence-electron chi connectivity index (χ2n) is 4.39. The molecule has 0 saturated carbocycles. The number of benzene rings is 1. The highest BCUT2D eigenvalue weighted by atomic mass is 79.9. The molecule has 0 spiro atoms. The van der Waals surface area contributed by atoms with Crippen molar-refractivity contribution in [1.82, 2.24) is 10.9 Å². The van der Waals surface area contributed by atoms with Gasteiger partial charge in [-0.1, -0.05) is 19.1 Å². The number of hydrogen-bond acceptors (Lipinski definition) is 4. The van der Waals surface area contributed by atoms with Gasteiger partial charge in [-0.2, -0.15) is 0 Å². The lowest BCUT2D eigenvalue weighted by Crippen LogP contribution is -2.43. The van der Waals surface area contributed by atoms with E-state index in [9.17, 15) is 9.59 Å². The van der Waals surface area contributed by atoms with Crippen molar-refractivity contribution in [2.45, 2.75) is 13.3 Å². The molecule has 0 atom stereocenters. The van der Waals surface area contributed by atoms with Gasteiger partial charge in [-0.25, -0.2) is 0 Å². The maximum atomic E-state index is 11.7. The van der Waals surface area contributed by atoms with Crippen LogP contribution < -0.4 is 15.6 Å². The maximum Gasteiger partial charge on any atom is 0.279 e. The fourth-order valence-electron chi connectivity index (χ4n) is 1.63. The first-order valence-corrected chi connectivity index (χ1v) is 8.25. The number of carbonyl (C=O) groups excluding carboxylic acids is 2. The van der Waals surface area contributed by atoms with Crippen molar-refractivity contribution in [3.05, 3.63) is 50.6 Å². The van der Waals surface area contributed by atoms with Crippen LogP contribution in [0.4, 0.5) is 0 Å². The van der Waals surface area contributed by atoms with Crippen LogP contribution in [0.15, 0.2) is 40.2 Å². The summed E-state index contributed by atoms with van der Waals surface area (Å²) >= 11 is 4.56. The summed E-state index contributed by atoms with van der Waals surface area (Å²) in [6.07, 6.45) is 0.950. The number of hydrogen-bond donors (Lipinski definition) is 2. The third kappa shape index (κ3) is 4.85. The molecule has 0 aliphatic carbocycles. The van der Waals surface area contributed by atoms with Crippen LogP contribution in [-0.2, 0) is 11.2 Å². The number of nitrogens with one attached hydrogen (secondary N) is 2. The van der Waals surface area contributed by atoms with Crippen LogP contribution in [0.25, 0.3) is 0 Å². The SMILES string of the molecule is CCc1ccc(OCC(=O)NNC(=O)c2ccc(Br)s2)cc1. The third-order valence-electron chi connectivity index (χ3n) is 2.81. The summed E-state index contributed by atoms with van der Waals surface area (Å²) in [5.74, 6) is -0.180. The lowest BCUT2D eigenvalue weighted by Gasteiger charge is -2.08. The van der Waals surface area contributed by atoms with Crippen molar-refractivity contribution in [3.8, 4) is 5.75 Å². The van der Waals surface area contributed by atoms with Gasteiger partial charge in [0.1, 0.15) is 5.75 Å². The summed E-state index contributed by atoms with van der Waals surface area (Å²) < 4.78 is 6.19. The Labute approximate surface area is 140 Å². The molecule has 22 heavy (non-hydrogen) atoms. The van der Waals surface area contributed by atoms with Gasteiger partial charge in [0.2, 0.25) is 0 Å². The zero-order valence-electron chi connectivity index (χ0n) is 11.9. The third-order valence-corrected chi connectivity index (χ3v) is 4.44. The number of hydrazine groups is 1. The summed E-state index contributed by atoms with van der Waals surface area (Å²) in [4.78, 5) is 23.9. The normalized spacial score (nSPS) is 10.1. The molecule has 0 unspecified atom stereocenters. The second kappa shape index (κ2) is 7.95. The van der Waals surface area contributed by atoms with Crippen LogP contribution >= 0.6 is 27.3 Å². The quantitative estimate of drug-likeness (QED) is 0.781. The number of carbonyl (C=O) groups is 2. The molecule has 0 radical (unpaired) electrons. The molecule has 0 aliphatic rings. The van der Waals surface area contributed by atoms with E-state index in [0.29, 0.717) is 10.6 Å². The zero-order chi connectivity index (χ0) is 15.9. The van der Waals surface area contributed by atoms with Gasteiger partial charge in [-0.15, -0.1) is 11.3 Å². The Kier molecular flexibility index (Phi) is 5.97. The van der Waals surface area contributed by atoms with E-state index in [0.717, 1.165) is 10.2 Å². The Balaban J connectivity index is 1.74. The van der Waals surface area contributed by atoms with Gasteiger partial charge in [0.25, 0.3) is 11.8 Å². The highest BCUT2D eigenvalue weighted by Gasteiger charge is 2.10. The molecule has 1 aromatic carbocycles. The molecule has 0 bridgehead atoms. The van der Waals surface area contributed by atoms with Crippen molar-refractivity contribution in [1.29, 1.82) is 0 Å². The summed E-state index contributed by atoms with van der Waals surface area (Å²) in [6, 6.07) is 11.0. The lowest BCUT2D eigenvalue weighted by molar-refractivity contribution is -0.123. The fourth-order valence-corrected chi connectivity index (χ4v) is 2.91. The molecule has 1 aromatic heterocycles. The van der Waals surface area contributed by atoms with Crippen LogP contribution in [0, 0.1) is 0 Å². The van der Waals surface area contributed by atoms with Crippen molar-refractivity contribution in [2.75, 3.05) is 6.61 Å². The van der Waals surface area contributed by atoms with E-state index < -0.39 is 5.91 Å². The Morgan fingerprint density at radius 2 is 1.86 bits per heavy atom. The van der Waals surface area contributed by atoms with E-state index in [2.05, 4.69) is 33.7 Å². The van der Waals surface area contributed by atoms with Crippen LogP contribution in [0.2, 0.25) is 0 Å². The van der Waals surface area contributed by atoms with Gasteiger partial charge in [-0.3, -0.25) is 20.4 Å². The Hall–Kier alpha value is -1.86. The number of ether oxygens (including phenoxy) is 1. The topological polar surface area (TPSA) is 67.4 Å². The van der Waals surface area contributed by atoms with Crippen molar-refractivity contribution in [3.63, 3.8) is 0 Å². The fraction of sp³-hybridized carbons (Fsp3) is 0.200. The molecule has 2 amide bonds. The number of amides is 2. The second-order valence-corrected chi connectivity index (χ2v) is 6.86. The minimum Gasteiger partial charge on any atom is -0.484 e. The van der Waals surface area contributed by atoms with Crippen molar-refractivity contribution >= 4 is 39.1 Å². The van der Waals surface area contributed by atoms with Crippen LogP contribution in [0.1, 0.15) is 22.2 Å². The molecular weight excluding hydrogens is 368 g/mol. The average molecular weight is 383 g/mol. The molecule has 2 rings (SSSR count). The average Bonchev–Trinajstić information content (AvgIpc) is 2.97. The van der Waals surface area contributed by atoms with Gasteiger partial charge in [0.15, 0.2) is 6.61 Å². The van der Waals surface area contributed by atoms with Gasteiger partial charge in [0, 0.05) is 0 Å². The van der Waals surface area contributed by atoms with E-state index in [1.165, 1.54) is 16.9 Å². The molecule has 0 fully saturated rings. The minimum atomic E-state index is -0.427. The van der Waals surface area contributed by atoms with E-state index in [1.54, 1.807) is 12.1 Å². The number of aryl methyl sites for hydroxylation is 1. The molecule has 1 heterocycles. The Morgan fingerprint density at radius 3 is 2.45 bits per heavy atom. The first kappa shape index (κ1) is 16.5. The van der Waals surface area contributed by atoms with E-state index in [1.807, 2.05) is 24.3 Å². The summed E-state index contributed by atoms with van der Waals surface area (Å²) in [5, 5.41) is 0. The Bertz CT molecular complexity index is 655. The van der Waals surface area contributed by atoms with Crippen LogP contribution in [-0.4, -0.2) is 18.4 Å². The van der Waals surface area contributed by atoms with E-state index >= 15 is 0 Å². The molecule has 116 valence electrons. The van der Waals surface area contributed by atoms with Gasteiger partial charge in [0.05, 0.1) is 8.66 Å². The Morgan fingerprint density at radius 1 is 1.14 bits per heavy atom. The number of thiophene rings is 1. The van der Waals surface area contributed by atoms with E-state index in [4.69, 9.17) is 4.74 Å². The van der Waals surface area contributed by atoms with Gasteiger partial charge >= 0.3 is 0 Å². The first-order valence-electron chi connectivity index (χ1n) is 6.64. The largest absolute Gasteiger partial charge is 0.484 e. The summed E-state index contributed by atoms with van der Waals surface area (Å²) in [5.41, 5.74) is 5.85. The maximum absolute atomic E-state index is 11.7. The molecule has 5 nitrogen and oxygen atoms in total. The predicted octanol–water partition coefficient (Wildman–Crippen LogP) is 2.91. The molecule has 0 aliphatic heterocycles.